The van der Waals surface area contributed by atoms with E-state index in [1.165, 1.54) is 27.8 Å². The summed E-state index contributed by atoms with van der Waals surface area (Å²) in [5.74, 6) is 0. The lowest BCUT2D eigenvalue weighted by Gasteiger charge is -2.21. The number of rotatable bonds is 4. The van der Waals surface area contributed by atoms with E-state index >= 15 is 0 Å². The van der Waals surface area contributed by atoms with E-state index in [-0.39, 0.29) is 12.2 Å². The summed E-state index contributed by atoms with van der Waals surface area (Å²) in [6, 6.07) is 27.7. The van der Waals surface area contributed by atoms with Crippen LogP contribution < -0.4 is 0 Å². The third-order valence-corrected chi connectivity index (χ3v) is 4.51. The zero-order valence-electron chi connectivity index (χ0n) is 13.3. The molecule has 0 amide bonds. The van der Waals surface area contributed by atoms with Crippen LogP contribution in [0.1, 0.15) is 29.7 Å². The molecule has 114 valence electrons. The zero-order valence-corrected chi connectivity index (χ0v) is 13.3. The SMILES string of the molecule is CC(Cc1ccccc1)OC1c2ccccc2-c2ccccc21. The number of ether oxygens (including phenoxy) is 1. The van der Waals surface area contributed by atoms with Crippen molar-refractivity contribution in [1.82, 2.24) is 0 Å². The van der Waals surface area contributed by atoms with Gasteiger partial charge in [-0.1, -0.05) is 78.9 Å². The minimum atomic E-state index is 0.0427. The molecule has 3 aromatic carbocycles. The third kappa shape index (κ3) is 2.69. The van der Waals surface area contributed by atoms with Crippen molar-refractivity contribution in [1.29, 1.82) is 0 Å². The Kier molecular flexibility index (Phi) is 3.72. The molecule has 3 aromatic rings. The quantitative estimate of drug-likeness (QED) is 0.626. The molecule has 1 nitrogen and oxygen atoms in total. The van der Waals surface area contributed by atoms with Crippen molar-refractivity contribution in [3.05, 3.63) is 95.6 Å². The van der Waals surface area contributed by atoms with Crippen LogP contribution in [0, 0.1) is 0 Å². The van der Waals surface area contributed by atoms with Crippen molar-refractivity contribution in [2.24, 2.45) is 0 Å². The van der Waals surface area contributed by atoms with E-state index in [0.717, 1.165) is 6.42 Å². The largest absolute Gasteiger partial charge is 0.365 e. The fourth-order valence-electron chi connectivity index (χ4n) is 3.48. The van der Waals surface area contributed by atoms with Gasteiger partial charge in [0.25, 0.3) is 0 Å². The Balaban J connectivity index is 1.61. The van der Waals surface area contributed by atoms with Crippen LogP contribution in [-0.4, -0.2) is 6.10 Å². The number of fused-ring (bicyclic) bond motifs is 3. The van der Waals surface area contributed by atoms with Crippen LogP contribution in [0.3, 0.4) is 0 Å². The highest BCUT2D eigenvalue weighted by Crippen LogP contribution is 2.45. The standard InChI is InChI=1S/C22H20O/c1-16(15-17-9-3-2-4-10-17)23-22-20-13-7-5-11-18(20)19-12-6-8-14-21(19)22/h2-14,16,22H,15H2,1H3. The van der Waals surface area contributed by atoms with Crippen molar-refractivity contribution in [3.63, 3.8) is 0 Å². The van der Waals surface area contributed by atoms with Gasteiger partial charge in [0.15, 0.2) is 0 Å². The first-order valence-electron chi connectivity index (χ1n) is 8.20. The molecule has 23 heavy (non-hydrogen) atoms. The minimum absolute atomic E-state index is 0.0427. The molecule has 0 spiro atoms. The molecule has 0 N–H and O–H groups in total. The Morgan fingerprint density at radius 1 is 0.739 bits per heavy atom. The Morgan fingerprint density at radius 3 is 1.87 bits per heavy atom. The first-order chi connectivity index (χ1) is 11.3. The van der Waals surface area contributed by atoms with Crippen LogP contribution in [0.2, 0.25) is 0 Å². The molecular formula is C22H20O. The highest BCUT2D eigenvalue weighted by Gasteiger charge is 2.29. The molecule has 0 fully saturated rings. The lowest BCUT2D eigenvalue weighted by molar-refractivity contribution is 0.0221. The van der Waals surface area contributed by atoms with Gasteiger partial charge in [0, 0.05) is 0 Å². The van der Waals surface area contributed by atoms with E-state index in [1.807, 2.05) is 0 Å². The predicted octanol–water partition coefficient (Wildman–Crippen LogP) is 5.40. The monoisotopic (exact) mass is 300 g/mol. The minimum Gasteiger partial charge on any atom is -0.365 e. The van der Waals surface area contributed by atoms with Crippen molar-refractivity contribution in [3.8, 4) is 11.1 Å². The van der Waals surface area contributed by atoms with Crippen molar-refractivity contribution in [2.45, 2.75) is 25.6 Å². The third-order valence-electron chi connectivity index (χ3n) is 4.51. The topological polar surface area (TPSA) is 9.23 Å². The first kappa shape index (κ1) is 14.2. The molecule has 1 heteroatoms. The highest BCUT2D eigenvalue weighted by atomic mass is 16.5. The Bertz CT molecular complexity index is 761. The summed E-state index contributed by atoms with van der Waals surface area (Å²) >= 11 is 0. The zero-order chi connectivity index (χ0) is 15.6. The maximum atomic E-state index is 6.47. The summed E-state index contributed by atoms with van der Waals surface area (Å²) in [5.41, 5.74) is 6.50. The van der Waals surface area contributed by atoms with Crippen molar-refractivity contribution >= 4 is 0 Å². The van der Waals surface area contributed by atoms with Gasteiger partial charge in [-0.25, -0.2) is 0 Å². The van der Waals surface area contributed by atoms with E-state index in [1.54, 1.807) is 0 Å². The van der Waals surface area contributed by atoms with E-state index in [2.05, 4.69) is 85.8 Å². The van der Waals surface area contributed by atoms with Gasteiger partial charge in [0.1, 0.15) is 6.10 Å². The lowest BCUT2D eigenvalue weighted by atomic mass is 10.1. The Hall–Kier alpha value is -2.38. The van der Waals surface area contributed by atoms with Gasteiger partial charge in [0.2, 0.25) is 0 Å². The molecule has 0 saturated carbocycles. The fraction of sp³-hybridized carbons (Fsp3) is 0.182. The molecule has 0 aromatic heterocycles. The molecule has 1 unspecified atom stereocenters. The predicted molar refractivity (Wildman–Crippen MR) is 94.4 cm³/mol. The molecule has 0 radical (unpaired) electrons. The van der Waals surface area contributed by atoms with Crippen molar-refractivity contribution in [2.75, 3.05) is 0 Å². The summed E-state index contributed by atoms with van der Waals surface area (Å²) in [4.78, 5) is 0. The van der Waals surface area contributed by atoms with Crippen LogP contribution in [0.4, 0.5) is 0 Å². The van der Waals surface area contributed by atoms with E-state index < -0.39 is 0 Å². The molecule has 0 aliphatic heterocycles. The molecule has 4 rings (SSSR count). The van der Waals surface area contributed by atoms with Crippen molar-refractivity contribution < 1.29 is 4.74 Å². The van der Waals surface area contributed by atoms with Gasteiger partial charge in [-0.05, 0) is 41.2 Å². The van der Waals surface area contributed by atoms with Crippen LogP contribution in [0.15, 0.2) is 78.9 Å². The van der Waals surface area contributed by atoms with Crippen LogP contribution in [-0.2, 0) is 11.2 Å². The number of hydrogen-bond acceptors (Lipinski definition) is 1. The smallest absolute Gasteiger partial charge is 0.109 e. The van der Waals surface area contributed by atoms with Crippen LogP contribution in [0.5, 0.6) is 0 Å². The second kappa shape index (κ2) is 6.02. The van der Waals surface area contributed by atoms with Gasteiger partial charge < -0.3 is 4.74 Å². The summed E-state index contributed by atoms with van der Waals surface area (Å²) in [7, 11) is 0. The van der Waals surface area contributed by atoms with Gasteiger partial charge in [0.05, 0.1) is 6.10 Å². The maximum absolute atomic E-state index is 6.47. The van der Waals surface area contributed by atoms with Crippen LogP contribution >= 0.6 is 0 Å². The molecule has 0 heterocycles. The Morgan fingerprint density at radius 2 is 1.26 bits per heavy atom. The molecule has 1 aliphatic carbocycles. The van der Waals surface area contributed by atoms with E-state index in [0.29, 0.717) is 0 Å². The fourth-order valence-corrected chi connectivity index (χ4v) is 3.48. The van der Waals surface area contributed by atoms with E-state index in [4.69, 9.17) is 4.74 Å². The molecular weight excluding hydrogens is 280 g/mol. The average Bonchev–Trinajstić information content (AvgIpc) is 2.90. The van der Waals surface area contributed by atoms with Gasteiger partial charge in [-0.15, -0.1) is 0 Å². The maximum Gasteiger partial charge on any atom is 0.109 e. The second-order valence-corrected chi connectivity index (χ2v) is 6.19. The summed E-state index contributed by atoms with van der Waals surface area (Å²) in [6.07, 6.45) is 1.14. The van der Waals surface area contributed by atoms with Crippen LogP contribution in [0.25, 0.3) is 11.1 Å². The highest BCUT2D eigenvalue weighted by molar-refractivity contribution is 5.78. The first-order valence-corrected chi connectivity index (χ1v) is 8.20. The van der Waals surface area contributed by atoms with Gasteiger partial charge >= 0.3 is 0 Å². The second-order valence-electron chi connectivity index (χ2n) is 6.19. The van der Waals surface area contributed by atoms with E-state index in [9.17, 15) is 0 Å². The van der Waals surface area contributed by atoms with Gasteiger partial charge in [-0.3, -0.25) is 0 Å². The average molecular weight is 300 g/mol. The molecule has 0 bridgehead atoms. The van der Waals surface area contributed by atoms with Gasteiger partial charge in [-0.2, -0.15) is 0 Å². The summed E-state index contributed by atoms with van der Waals surface area (Å²) in [5, 5.41) is 0. The number of hydrogen-bond donors (Lipinski definition) is 0. The number of benzene rings is 3. The molecule has 1 aliphatic rings. The Labute approximate surface area is 137 Å². The summed E-state index contributed by atoms with van der Waals surface area (Å²) in [6.45, 7) is 2.16. The lowest BCUT2D eigenvalue weighted by Crippen LogP contribution is -2.15. The molecule has 0 saturated heterocycles. The summed E-state index contributed by atoms with van der Waals surface area (Å²) < 4.78 is 6.47. The normalized spacial score (nSPS) is 14.3. The molecule has 1 atom stereocenters.